The van der Waals surface area contributed by atoms with Crippen LogP contribution >= 0.6 is 0 Å². The van der Waals surface area contributed by atoms with Crippen LogP contribution in [0.1, 0.15) is 86.5 Å². The highest BCUT2D eigenvalue weighted by molar-refractivity contribution is 5.98. The lowest BCUT2D eigenvalue weighted by Crippen LogP contribution is -2.61. The molecule has 0 aliphatic carbocycles. The van der Waals surface area contributed by atoms with Gasteiger partial charge in [-0.2, -0.15) is 0 Å². The maximum absolute atomic E-state index is 13.8. The molecule has 1 fully saturated rings. The highest BCUT2D eigenvalue weighted by atomic mass is 16.4. The zero-order valence-electron chi connectivity index (χ0n) is 28.5. The number of nitrogens with one attached hydrogen (secondary N) is 5. The predicted molar refractivity (Wildman–Crippen MR) is 171 cm³/mol. The van der Waals surface area contributed by atoms with Crippen molar-refractivity contribution in [2.75, 3.05) is 13.2 Å². The molecule has 6 amide bonds. The second kappa shape index (κ2) is 20.2. The summed E-state index contributed by atoms with van der Waals surface area (Å²) in [5, 5.41) is 40.4. The second-order valence-electron chi connectivity index (χ2n) is 12.5. The Hall–Kier alpha value is -4.28. The van der Waals surface area contributed by atoms with E-state index in [2.05, 4.69) is 26.6 Å². The Labute approximate surface area is 280 Å². The van der Waals surface area contributed by atoms with E-state index in [1.54, 1.807) is 27.7 Å². The second-order valence-corrected chi connectivity index (χ2v) is 12.5. The Kier molecular flexibility index (Phi) is 17.5. The first-order valence-electron chi connectivity index (χ1n) is 16.3. The van der Waals surface area contributed by atoms with Crippen LogP contribution in [0, 0.1) is 11.8 Å². The number of nitrogens with zero attached hydrogens (tertiary/aromatic N) is 1. The van der Waals surface area contributed by atoms with Gasteiger partial charge in [-0.05, 0) is 31.1 Å². The van der Waals surface area contributed by atoms with E-state index >= 15 is 0 Å². The van der Waals surface area contributed by atoms with E-state index in [9.17, 15) is 48.6 Å². The van der Waals surface area contributed by atoms with Gasteiger partial charge in [0, 0.05) is 13.5 Å². The summed E-state index contributed by atoms with van der Waals surface area (Å²) in [6.07, 6.45) is 0.861. The summed E-state index contributed by atoms with van der Waals surface area (Å²) in [7, 11) is 0. The van der Waals surface area contributed by atoms with E-state index in [1.165, 1.54) is 4.90 Å². The molecule has 0 aromatic heterocycles. The van der Waals surface area contributed by atoms with Gasteiger partial charge >= 0.3 is 11.9 Å². The largest absolute Gasteiger partial charge is 0.481 e. The highest BCUT2D eigenvalue weighted by Gasteiger charge is 2.40. The van der Waals surface area contributed by atoms with Crippen molar-refractivity contribution in [1.29, 1.82) is 0 Å². The van der Waals surface area contributed by atoms with Gasteiger partial charge in [0.1, 0.15) is 30.2 Å². The molecule has 1 heterocycles. The first-order valence-corrected chi connectivity index (χ1v) is 16.3. The van der Waals surface area contributed by atoms with Crippen LogP contribution in [0.4, 0.5) is 0 Å². The van der Waals surface area contributed by atoms with E-state index in [1.807, 2.05) is 6.92 Å². The number of aliphatic hydroxyl groups excluding tert-OH is 1. The monoisotopic (exact) mass is 684 g/mol. The minimum absolute atomic E-state index is 0.247. The molecule has 17 nitrogen and oxygen atoms in total. The smallest absolute Gasteiger partial charge is 0.305 e. The van der Waals surface area contributed by atoms with Crippen molar-refractivity contribution < 1.29 is 53.7 Å². The molecule has 1 saturated heterocycles. The number of likely N-dealkylation sites (tertiary alicyclic amines) is 1. The number of aliphatic carboxylic acids is 2. The molecule has 48 heavy (non-hydrogen) atoms. The van der Waals surface area contributed by atoms with Gasteiger partial charge in [0.15, 0.2) is 0 Å². The van der Waals surface area contributed by atoms with Gasteiger partial charge in [-0.15, -0.1) is 0 Å². The third-order valence-corrected chi connectivity index (χ3v) is 8.15. The van der Waals surface area contributed by atoms with Crippen molar-refractivity contribution in [3.8, 4) is 0 Å². The standard InChI is InChI=1S/C31H52N6O11/c1-7-10-19(15-38)33-29(46)22-11-9-12-37(22)31(48)25(16(3)4)35-30(47)26(17(5)8-2)36-28(45)21(14-24(42)43)34-27(44)20(13-23(40)41)32-18(6)39/h16-17,19-22,25-26,38H,7-15H2,1-6H3,(H,32,39)(H,33,46)(H,34,44)(H,35,47)(H,36,45)(H,40,41)(H,42,43)/t17-,19+,20-,21+,22-,25-,26-/m0/s1. The number of aliphatic hydroxyl groups is 1. The summed E-state index contributed by atoms with van der Waals surface area (Å²) in [5.41, 5.74) is 0. The molecule has 0 bridgehead atoms. The lowest BCUT2D eigenvalue weighted by atomic mass is 9.95. The summed E-state index contributed by atoms with van der Waals surface area (Å²) < 4.78 is 0. The number of hydrogen-bond acceptors (Lipinski definition) is 9. The highest BCUT2D eigenvalue weighted by Crippen LogP contribution is 2.21. The number of carboxylic acids is 2. The van der Waals surface area contributed by atoms with Gasteiger partial charge in [0.25, 0.3) is 0 Å². The summed E-state index contributed by atoms with van der Waals surface area (Å²) in [5.74, 6) is -8.45. The van der Waals surface area contributed by atoms with Crippen LogP contribution in [0.15, 0.2) is 0 Å². The molecule has 0 unspecified atom stereocenters. The molecule has 272 valence electrons. The minimum atomic E-state index is -1.75. The van der Waals surface area contributed by atoms with Gasteiger partial charge in [-0.25, -0.2) is 0 Å². The maximum atomic E-state index is 13.8. The van der Waals surface area contributed by atoms with Crippen molar-refractivity contribution in [2.24, 2.45) is 11.8 Å². The molecule has 0 aromatic carbocycles. The molecule has 17 heteroatoms. The van der Waals surface area contributed by atoms with Crippen LogP contribution in [0.3, 0.4) is 0 Å². The van der Waals surface area contributed by atoms with Crippen molar-refractivity contribution in [1.82, 2.24) is 31.5 Å². The van der Waals surface area contributed by atoms with Crippen LogP contribution in [0.2, 0.25) is 0 Å². The van der Waals surface area contributed by atoms with Crippen molar-refractivity contribution in [3.05, 3.63) is 0 Å². The Bertz CT molecular complexity index is 1160. The van der Waals surface area contributed by atoms with Crippen LogP contribution in [-0.4, -0.2) is 117 Å². The number of carbonyl (C=O) groups excluding carboxylic acids is 6. The SMILES string of the molecule is CCC[C@H](CO)NC(=O)[C@@H]1CCCN1C(=O)[C@@H](NC(=O)[C@@H](NC(=O)[C@@H](CC(=O)O)NC(=O)[C@H](CC(=O)O)NC(C)=O)[C@@H](C)CC)C(C)C. The quantitative estimate of drug-likeness (QED) is 0.0760. The van der Waals surface area contributed by atoms with Gasteiger partial charge in [-0.1, -0.05) is 47.5 Å². The first-order chi connectivity index (χ1) is 22.5. The first kappa shape index (κ1) is 41.7. The van der Waals surface area contributed by atoms with Crippen molar-refractivity contribution >= 4 is 47.4 Å². The van der Waals surface area contributed by atoms with Gasteiger partial charge < -0.3 is 46.8 Å². The molecule has 8 N–H and O–H groups in total. The van der Waals surface area contributed by atoms with Crippen LogP contribution in [0.25, 0.3) is 0 Å². The molecule has 0 aromatic rings. The van der Waals surface area contributed by atoms with Gasteiger partial charge in [0.2, 0.25) is 35.4 Å². The summed E-state index contributed by atoms with van der Waals surface area (Å²) in [4.78, 5) is 102. The molecular formula is C31H52N6O11. The van der Waals surface area contributed by atoms with Gasteiger partial charge in [0.05, 0.1) is 25.5 Å². The topological polar surface area (TPSA) is 261 Å². The number of rotatable bonds is 20. The molecular weight excluding hydrogens is 632 g/mol. The Balaban J connectivity index is 3.21. The fraction of sp³-hybridized carbons (Fsp3) is 0.742. The van der Waals surface area contributed by atoms with Crippen molar-refractivity contribution in [3.63, 3.8) is 0 Å². The number of carbonyl (C=O) groups is 8. The average Bonchev–Trinajstić information content (AvgIpc) is 3.50. The van der Waals surface area contributed by atoms with E-state index in [0.29, 0.717) is 25.7 Å². The zero-order chi connectivity index (χ0) is 36.7. The van der Waals surface area contributed by atoms with Crippen LogP contribution in [0.5, 0.6) is 0 Å². The van der Waals surface area contributed by atoms with E-state index in [-0.39, 0.29) is 13.2 Å². The lowest BCUT2D eigenvalue weighted by Gasteiger charge is -2.33. The van der Waals surface area contributed by atoms with E-state index < -0.39 is 108 Å². The number of hydrogen-bond donors (Lipinski definition) is 8. The zero-order valence-corrected chi connectivity index (χ0v) is 28.5. The minimum Gasteiger partial charge on any atom is -0.481 e. The molecule has 1 aliphatic rings. The third kappa shape index (κ3) is 13.1. The fourth-order valence-electron chi connectivity index (χ4n) is 5.33. The Morgan fingerprint density at radius 1 is 0.771 bits per heavy atom. The maximum Gasteiger partial charge on any atom is 0.305 e. The average molecular weight is 685 g/mol. The predicted octanol–water partition coefficient (Wildman–Crippen LogP) is -1.13. The molecule has 1 rings (SSSR count). The summed E-state index contributed by atoms with van der Waals surface area (Å²) in [6, 6.07) is -6.98. The van der Waals surface area contributed by atoms with E-state index in [4.69, 9.17) is 5.11 Å². The van der Waals surface area contributed by atoms with Crippen LogP contribution in [-0.2, 0) is 38.4 Å². The molecule has 0 saturated carbocycles. The Morgan fingerprint density at radius 3 is 1.79 bits per heavy atom. The van der Waals surface area contributed by atoms with Gasteiger partial charge in [-0.3, -0.25) is 38.4 Å². The normalized spacial score (nSPS) is 18.0. The summed E-state index contributed by atoms with van der Waals surface area (Å²) in [6.45, 7) is 9.79. The number of amides is 6. The molecule has 0 radical (unpaired) electrons. The molecule has 7 atom stereocenters. The lowest BCUT2D eigenvalue weighted by molar-refractivity contribution is -0.144. The number of carboxylic acid groups (broad SMARTS) is 2. The van der Waals surface area contributed by atoms with Crippen molar-refractivity contribution in [2.45, 2.75) is 123 Å². The third-order valence-electron chi connectivity index (χ3n) is 8.15. The van der Waals surface area contributed by atoms with Crippen LogP contribution < -0.4 is 26.6 Å². The Morgan fingerprint density at radius 2 is 1.31 bits per heavy atom. The molecule has 1 aliphatic heterocycles. The molecule has 0 spiro atoms. The fourth-order valence-corrected chi connectivity index (χ4v) is 5.33. The van der Waals surface area contributed by atoms with E-state index in [0.717, 1.165) is 13.3 Å². The summed E-state index contributed by atoms with van der Waals surface area (Å²) >= 11 is 0.